The van der Waals surface area contributed by atoms with Crippen molar-refractivity contribution in [3.8, 4) is 0 Å². The average molecular weight is 505 g/mol. The van der Waals surface area contributed by atoms with Gasteiger partial charge < -0.3 is 34.5 Å². The molecular weight excluding hydrogens is 475 g/mol. The van der Waals surface area contributed by atoms with Crippen molar-refractivity contribution in [2.24, 2.45) is 0 Å². The topological polar surface area (TPSA) is 180 Å². The van der Waals surface area contributed by atoms with E-state index < -0.39 is 48.6 Å². The van der Waals surface area contributed by atoms with E-state index >= 15 is 0 Å². The first-order chi connectivity index (χ1) is 15.2. The Kier molecular flexibility index (Phi) is 7.29. The number of hydrogen-bond acceptors (Lipinski definition) is 10. The normalized spacial score (nSPS) is 28.8. The Hall–Kier alpha value is -1.57. The average Bonchev–Trinajstić information content (AvgIpc) is 3.00. The number of hydrogen-bond donors (Lipinski definition) is 5. The van der Waals surface area contributed by atoms with Gasteiger partial charge in [-0.3, -0.25) is 13.9 Å². The third-order valence-electron chi connectivity index (χ3n) is 6.11. The molecule has 12 nitrogen and oxygen atoms in total. The predicted molar refractivity (Wildman–Crippen MR) is 120 cm³/mol. The number of aliphatic hydroxyl groups excluding tert-OH is 2. The molecule has 1 aliphatic rings. The SMILES string of the molecule is CCC(C)(C[C@H]1O[C@@H](n2cc3ncc(=O)[nH]c3nc2=S)[C@@H](O)C1O)OP(=O)(O)C(C)(O)CC. The number of rotatable bonds is 8. The number of fused-ring (bicyclic) bond motifs is 1. The van der Waals surface area contributed by atoms with Crippen LogP contribution in [0.2, 0.25) is 0 Å². The van der Waals surface area contributed by atoms with Crippen LogP contribution in [-0.4, -0.2) is 69.0 Å². The highest BCUT2D eigenvalue weighted by Crippen LogP contribution is 2.59. The van der Waals surface area contributed by atoms with E-state index in [1.54, 1.807) is 20.8 Å². The van der Waals surface area contributed by atoms with Gasteiger partial charge in [-0.15, -0.1) is 0 Å². The summed E-state index contributed by atoms with van der Waals surface area (Å²) >= 11 is 5.25. The van der Waals surface area contributed by atoms with Crippen LogP contribution in [0.3, 0.4) is 0 Å². The van der Waals surface area contributed by atoms with E-state index in [9.17, 15) is 29.6 Å². The number of ether oxygens (including phenoxy) is 1. The fourth-order valence-electron chi connectivity index (χ4n) is 3.50. The minimum atomic E-state index is -4.45. The highest BCUT2D eigenvalue weighted by molar-refractivity contribution is 7.71. The Bertz CT molecular complexity index is 1190. The van der Waals surface area contributed by atoms with Gasteiger partial charge in [0.2, 0.25) is 4.77 Å². The molecule has 33 heavy (non-hydrogen) atoms. The van der Waals surface area contributed by atoms with Gasteiger partial charge in [0.25, 0.3) is 5.56 Å². The minimum absolute atomic E-state index is 0.00354. The summed E-state index contributed by atoms with van der Waals surface area (Å²) in [6, 6.07) is 0. The van der Waals surface area contributed by atoms with Crippen molar-refractivity contribution in [3.05, 3.63) is 27.5 Å². The molecule has 4 unspecified atom stereocenters. The van der Waals surface area contributed by atoms with Gasteiger partial charge in [0.05, 0.1) is 17.9 Å². The largest absolute Gasteiger partial charge is 0.388 e. The smallest absolute Gasteiger partial charge is 0.359 e. The molecule has 3 rings (SSSR count). The molecular formula is C19H29N4O8PS. The maximum atomic E-state index is 12.7. The lowest BCUT2D eigenvalue weighted by Gasteiger charge is -2.37. The highest BCUT2D eigenvalue weighted by atomic mass is 32.1. The summed E-state index contributed by atoms with van der Waals surface area (Å²) in [6.45, 7) is 6.08. The number of nitrogens with zero attached hydrogens (tertiary/aromatic N) is 3. The fraction of sp³-hybridized carbons (Fsp3) is 0.684. The van der Waals surface area contributed by atoms with Gasteiger partial charge in [0.1, 0.15) is 17.7 Å². The summed E-state index contributed by atoms with van der Waals surface area (Å²) in [5, 5.41) is 29.6. The number of nitrogens with one attached hydrogen (secondary N) is 1. The molecule has 2 aromatic rings. The van der Waals surface area contributed by atoms with E-state index in [0.29, 0.717) is 5.52 Å². The Morgan fingerprint density at radius 1 is 1.30 bits per heavy atom. The lowest BCUT2D eigenvalue weighted by Crippen LogP contribution is -2.40. The zero-order valence-corrected chi connectivity index (χ0v) is 20.4. The Morgan fingerprint density at radius 3 is 2.58 bits per heavy atom. The van der Waals surface area contributed by atoms with Crippen LogP contribution in [-0.2, 0) is 13.8 Å². The summed E-state index contributed by atoms with van der Waals surface area (Å²) in [4.78, 5) is 32.4. The minimum Gasteiger partial charge on any atom is -0.388 e. The lowest BCUT2D eigenvalue weighted by atomic mass is 9.93. The van der Waals surface area contributed by atoms with Crippen molar-refractivity contribution in [2.75, 3.05) is 0 Å². The fourth-order valence-corrected chi connectivity index (χ4v) is 5.15. The first-order valence-corrected chi connectivity index (χ1v) is 12.5. The summed E-state index contributed by atoms with van der Waals surface area (Å²) in [7, 11) is -4.45. The molecule has 14 heteroatoms. The molecule has 5 N–H and O–H groups in total. The van der Waals surface area contributed by atoms with Gasteiger partial charge in [-0.25, -0.2) is 4.98 Å². The maximum Gasteiger partial charge on any atom is 0.359 e. The molecule has 1 saturated heterocycles. The van der Waals surface area contributed by atoms with Gasteiger partial charge in [-0.05, 0) is 38.9 Å². The standard InChI is InChI=1S/C19H29N4O8PS/c1-5-18(3,31-32(28,29)19(4,27)6-2)7-11-13(25)14(26)16(30-11)23-9-10-15(22-17(23)33)21-12(24)8-20-10/h8-9,11,13-14,16,25-27H,5-7H2,1-4H3,(H,28,29)(H,21,22,24,33)/t11-,13?,14+,16-,18?,19?/m1/s1. The molecule has 0 aliphatic carbocycles. The van der Waals surface area contributed by atoms with Gasteiger partial charge in [-0.2, -0.15) is 4.98 Å². The van der Waals surface area contributed by atoms with Crippen LogP contribution in [0.25, 0.3) is 11.2 Å². The molecule has 184 valence electrons. The van der Waals surface area contributed by atoms with Gasteiger partial charge in [0, 0.05) is 12.6 Å². The molecule has 0 aromatic carbocycles. The number of H-pyrrole nitrogens is 1. The quantitative estimate of drug-likeness (QED) is 0.259. The second-order valence-corrected chi connectivity index (χ2v) is 11.2. The van der Waals surface area contributed by atoms with Crippen LogP contribution < -0.4 is 5.56 Å². The maximum absolute atomic E-state index is 12.7. The van der Waals surface area contributed by atoms with Crippen LogP contribution in [0.15, 0.2) is 17.2 Å². The summed E-state index contributed by atoms with van der Waals surface area (Å²) < 4.78 is 25.4. The molecule has 0 saturated carbocycles. The Balaban J connectivity index is 1.87. The molecule has 0 spiro atoms. The van der Waals surface area contributed by atoms with E-state index in [-0.39, 0.29) is 29.7 Å². The van der Waals surface area contributed by atoms with E-state index in [1.165, 1.54) is 17.7 Å². The Morgan fingerprint density at radius 2 is 1.97 bits per heavy atom. The first kappa shape index (κ1) is 26.0. The van der Waals surface area contributed by atoms with Crippen molar-refractivity contribution < 1.29 is 34.0 Å². The molecule has 1 fully saturated rings. The predicted octanol–water partition coefficient (Wildman–Crippen LogP) is 1.35. The molecule has 2 aromatic heterocycles. The monoisotopic (exact) mass is 504 g/mol. The van der Waals surface area contributed by atoms with Crippen molar-refractivity contribution in [1.29, 1.82) is 0 Å². The summed E-state index contributed by atoms with van der Waals surface area (Å²) in [5.41, 5.74) is -1.24. The van der Waals surface area contributed by atoms with E-state index in [0.717, 1.165) is 6.20 Å². The Labute approximate surface area is 194 Å². The lowest BCUT2D eigenvalue weighted by molar-refractivity contribution is -0.0707. The van der Waals surface area contributed by atoms with Crippen LogP contribution in [0, 0.1) is 4.77 Å². The van der Waals surface area contributed by atoms with Crippen LogP contribution in [0.1, 0.15) is 53.2 Å². The third kappa shape index (κ3) is 5.10. The molecule has 0 amide bonds. The summed E-state index contributed by atoms with van der Waals surface area (Å²) in [6.07, 6.45) is -2.15. The van der Waals surface area contributed by atoms with Crippen LogP contribution in [0.4, 0.5) is 0 Å². The number of aromatic amines is 1. The van der Waals surface area contributed by atoms with Crippen LogP contribution in [0.5, 0.6) is 0 Å². The van der Waals surface area contributed by atoms with Crippen molar-refractivity contribution >= 4 is 31.0 Å². The first-order valence-electron chi connectivity index (χ1n) is 10.5. The molecule has 1 aliphatic heterocycles. The third-order valence-corrected chi connectivity index (χ3v) is 8.63. The molecule has 0 bridgehead atoms. The van der Waals surface area contributed by atoms with Crippen LogP contribution >= 0.6 is 19.8 Å². The summed E-state index contributed by atoms with van der Waals surface area (Å²) in [5.74, 6) is 0. The van der Waals surface area contributed by atoms with Gasteiger partial charge in [0.15, 0.2) is 17.2 Å². The second-order valence-electron chi connectivity index (χ2n) is 8.65. The molecule has 7 atom stereocenters. The second kappa shape index (κ2) is 9.23. The van der Waals surface area contributed by atoms with E-state index in [4.69, 9.17) is 21.5 Å². The van der Waals surface area contributed by atoms with Gasteiger partial charge >= 0.3 is 7.60 Å². The van der Waals surface area contributed by atoms with Crippen molar-refractivity contribution in [2.45, 2.75) is 82.4 Å². The zero-order valence-electron chi connectivity index (χ0n) is 18.7. The van der Waals surface area contributed by atoms with Crippen molar-refractivity contribution in [1.82, 2.24) is 19.5 Å². The van der Waals surface area contributed by atoms with Gasteiger partial charge in [-0.1, -0.05) is 13.8 Å². The zero-order chi connectivity index (χ0) is 24.8. The highest BCUT2D eigenvalue weighted by Gasteiger charge is 2.50. The van der Waals surface area contributed by atoms with E-state index in [2.05, 4.69) is 15.0 Å². The van der Waals surface area contributed by atoms with Crippen molar-refractivity contribution in [3.63, 3.8) is 0 Å². The van der Waals surface area contributed by atoms with E-state index in [1.807, 2.05) is 0 Å². The molecule has 0 radical (unpaired) electrons. The number of aromatic nitrogens is 4. The number of aliphatic hydroxyl groups is 3. The molecule has 3 heterocycles.